The zero-order valence-corrected chi connectivity index (χ0v) is 10.0. The van der Waals surface area contributed by atoms with Gasteiger partial charge in [-0.3, -0.25) is 4.79 Å². The molecule has 0 heterocycles. The lowest BCUT2D eigenvalue weighted by Gasteiger charge is -2.42. The molecular weight excluding hydrogens is 198 g/mol. The molecule has 86 valence electrons. The molecule has 0 aliphatic heterocycles. The Kier molecular flexibility index (Phi) is 2.99. The number of carbonyl (C=O) groups is 1. The molecule has 2 rings (SSSR count). The van der Waals surface area contributed by atoms with Crippen molar-refractivity contribution in [2.45, 2.75) is 38.5 Å². The summed E-state index contributed by atoms with van der Waals surface area (Å²) in [5, 5.41) is 2.96. The fourth-order valence-corrected chi connectivity index (χ4v) is 2.37. The Morgan fingerprint density at radius 2 is 1.94 bits per heavy atom. The Bertz CT molecular complexity index is 376. The van der Waals surface area contributed by atoms with Gasteiger partial charge in [0.1, 0.15) is 0 Å². The molecule has 1 saturated carbocycles. The normalized spacial score (nSPS) is 17.6. The van der Waals surface area contributed by atoms with Gasteiger partial charge in [0, 0.05) is 18.9 Å². The second-order valence-corrected chi connectivity index (χ2v) is 4.91. The molecule has 1 fully saturated rings. The van der Waals surface area contributed by atoms with E-state index in [9.17, 15) is 4.79 Å². The van der Waals surface area contributed by atoms with Crippen LogP contribution in [0, 0.1) is 6.92 Å². The van der Waals surface area contributed by atoms with E-state index >= 15 is 0 Å². The molecule has 1 aromatic rings. The minimum atomic E-state index is 0.0680. The number of carbonyl (C=O) groups excluding carboxylic acids is 1. The summed E-state index contributed by atoms with van der Waals surface area (Å²) in [7, 11) is 0. The van der Waals surface area contributed by atoms with Crippen molar-refractivity contribution in [3.05, 3.63) is 35.4 Å². The van der Waals surface area contributed by atoms with E-state index in [0.717, 1.165) is 6.54 Å². The molecule has 0 unspecified atom stereocenters. The number of hydrogen-bond donors (Lipinski definition) is 1. The summed E-state index contributed by atoms with van der Waals surface area (Å²) in [6.07, 6.45) is 3.65. The molecule has 2 heteroatoms. The molecule has 1 amide bonds. The quantitative estimate of drug-likeness (QED) is 0.828. The third kappa shape index (κ3) is 2.11. The summed E-state index contributed by atoms with van der Waals surface area (Å²) in [6, 6.07) is 8.72. The number of nitrogens with one attached hydrogen (secondary N) is 1. The van der Waals surface area contributed by atoms with Crippen LogP contribution in [0.3, 0.4) is 0 Å². The average molecular weight is 217 g/mol. The number of hydrogen-bond acceptors (Lipinski definition) is 1. The zero-order chi connectivity index (χ0) is 11.6. The van der Waals surface area contributed by atoms with Crippen LogP contribution in [0.4, 0.5) is 0 Å². The molecular formula is C14H19NO. The van der Waals surface area contributed by atoms with Gasteiger partial charge in [-0.25, -0.2) is 0 Å². The van der Waals surface area contributed by atoms with Crippen LogP contribution in [0.25, 0.3) is 0 Å². The number of amides is 1. The van der Waals surface area contributed by atoms with Crippen molar-refractivity contribution < 1.29 is 4.79 Å². The van der Waals surface area contributed by atoms with Gasteiger partial charge in [0.15, 0.2) is 0 Å². The first-order chi connectivity index (χ1) is 7.62. The van der Waals surface area contributed by atoms with Gasteiger partial charge in [0.2, 0.25) is 5.91 Å². The highest BCUT2D eigenvalue weighted by Crippen LogP contribution is 2.43. The maximum atomic E-state index is 11.0. The summed E-state index contributed by atoms with van der Waals surface area (Å²) in [5.74, 6) is 0.0680. The maximum Gasteiger partial charge on any atom is 0.216 e. The third-order valence-electron chi connectivity index (χ3n) is 3.65. The van der Waals surface area contributed by atoms with Gasteiger partial charge in [0.05, 0.1) is 0 Å². The minimum Gasteiger partial charge on any atom is -0.355 e. The number of rotatable bonds is 3. The van der Waals surface area contributed by atoms with Gasteiger partial charge in [-0.05, 0) is 25.3 Å². The SMILES string of the molecule is CC(=O)NCC1(c2ccc(C)cc2)CCC1. The zero-order valence-electron chi connectivity index (χ0n) is 10.0. The van der Waals surface area contributed by atoms with Crippen LogP contribution in [0.2, 0.25) is 0 Å². The van der Waals surface area contributed by atoms with Crippen LogP contribution < -0.4 is 5.32 Å². The predicted octanol–water partition coefficient (Wildman–Crippen LogP) is 2.55. The fourth-order valence-electron chi connectivity index (χ4n) is 2.37. The number of benzene rings is 1. The first-order valence-electron chi connectivity index (χ1n) is 5.94. The van der Waals surface area contributed by atoms with Gasteiger partial charge in [-0.2, -0.15) is 0 Å². The second kappa shape index (κ2) is 4.28. The van der Waals surface area contributed by atoms with E-state index in [1.165, 1.54) is 30.4 Å². The van der Waals surface area contributed by atoms with E-state index < -0.39 is 0 Å². The van der Waals surface area contributed by atoms with Crippen LogP contribution in [0.1, 0.15) is 37.3 Å². The van der Waals surface area contributed by atoms with E-state index in [-0.39, 0.29) is 11.3 Å². The van der Waals surface area contributed by atoms with Crippen molar-refractivity contribution in [3.63, 3.8) is 0 Å². The monoisotopic (exact) mass is 217 g/mol. The number of aryl methyl sites for hydroxylation is 1. The first kappa shape index (κ1) is 11.2. The van der Waals surface area contributed by atoms with E-state index in [0.29, 0.717) is 0 Å². The Balaban J connectivity index is 2.14. The molecule has 0 aromatic heterocycles. The van der Waals surface area contributed by atoms with Gasteiger partial charge >= 0.3 is 0 Å². The van der Waals surface area contributed by atoms with Gasteiger partial charge in [0.25, 0.3) is 0 Å². The third-order valence-corrected chi connectivity index (χ3v) is 3.65. The molecule has 0 radical (unpaired) electrons. The topological polar surface area (TPSA) is 29.1 Å². The predicted molar refractivity (Wildman–Crippen MR) is 65.4 cm³/mol. The maximum absolute atomic E-state index is 11.0. The van der Waals surface area contributed by atoms with Gasteiger partial charge < -0.3 is 5.32 Å². The smallest absolute Gasteiger partial charge is 0.216 e. The molecule has 0 atom stereocenters. The lowest BCUT2D eigenvalue weighted by molar-refractivity contribution is -0.119. The van der Waals surface area contributed by atoms with Crippen molar-refractivity contribution in [1.82, 2.24) is 5.32 Å². The van der Waals surface area contributed by atoms with Gasteiger partial charge in [-0.15, -0.1) is 0 Å². The second-order valence-electron chi connectivity index (χ2n) is 4.91. The van der Waals surface area contributed by atoms with Crippen LogP contribution in [-0.4, -0.2) is 12.5 Å². The Labute approximate surface area is 97.1 Å². The summed E-state index contributed by atoms with van der Waals surface area (Å²) in [4.78, 5) is 11.0. The van der Waals surface area contributed by atoms with Crippen molar-refractivity contribution in [2.24, 2.45) is 0 Å². The molecule has 1 aromatic carbocycles. The van der Waals surface area contributed by atoms with Crippen LogP contribution >= 0.6 is 0 Å². The highest BCUT2D eigenvalue weighted by atomic mass is 16.1. The lowest BCUT2D eigenvalue weighted by Crippen LogP contribution is -2.45. The van der Waals surface area contributed by atoms with Gasteiger partial charge in [-0.1, -0.05) is 36.2 Å². The summed E-state index contributed by atoms with van der Waals surface area (Å²) < 4.78 is 0. The van der Waals surface area contributed by atoms with Crippen molar-refractivity contribution >= 4 is 5.91 Å². The van der Waals surface area contributed by atoms with Crippen molar-refractivity contribution in [1.29, 1.82) is 0 Å². The molecule has 0 bridgehead atoms. The highest BCUT2D eigenvalue weighted by Gasteiger charge is 2.38. The van der Waals surface area contributed by atoms with E-state index in [2.05, 4.69) is 36.5 Å². The lowest BCUT2D eigenvalue weighted by atomic mass is 9.64. The van der Waals surface area contributed by atoms with Crippen LogP contribution in [0.5, 0.6) is 0 Å². The fraction of sp³-hybridized carbons (Fsp3) is 0.500. The molecule has 0 spiro atoms. The molecule has 0 saturated heterocycles. The van der Waals surface area contributed by atoms with E-state index in [4.69, 9.17) is 0 Å². The summed E-state index contributed by atoms with van der Waals surface area (Å²) in [5.41, 5.74) is 2.87. The van der Waals surface area contributed by atoms with Crippen molar-refractivity contribution in [3.8, 4) is 0 Å². The molecule has 1 aliphatic carbocycles. The molecule has 2 nitrogen and oxygen atoms in total. The minimum absolute atomic E-state index is 0.0680. The first-order valence-corrected chi connectivity index (χ1v) is 5.94. The highest BCUT2D eigenvalue weighted by molar-refractivity contribution is 5.73. The largest absolute Gasteiger partial charge is 0.355 e. The molecule has 1 aliphatic rings. The summed E-state index contributed by atoms with van der Waals surface area (Å²) >= 11 is 0. The molecule has 1 N–H and O–H groups in total. The Morgan fingerprint density at radius 3 is 2.38 bits per heavy atom. The van der Waals surface area contributed by atoms with E-state index in [1.807, 2.05) is 0 Å². The summed E-state index contributed by atoms with van der Waals surface area (Å²) in [6.45, 7) is 4.47. The van der Waals surface area contributed by atoms with E-state index in [1.54, 1.807) is 6.92 Å². The average Bonchev–Trinajstić information content (AvgIpc) is 2.18. The van der Waals surface area contributed by atoms with Crippen LogP contribution in [-0.2, 0) is 10.2 Å². The standard InChI is InChI=1S/C14H19NO/c1-11-4-6-13(7-5-11)14(8-3-9-14)10-15-12(2)16/h4-7H,3,8-10H2,1-2H3,(H,15,16). The molecule has 16 heavy (non-hydrogen) atoms. The van der Waals surface area contributed by atoms with Crippen molar-refractivity contribution in [2.75, 3.05) is 6.54 Å². The van der Waals surface area contributed by atoms with Crippen LogP contribution in [0.15, 0.2) is 24.3 Å². The Hall–Kier alpha value is -1.31. The Morgan fingerprint density at radius 1 is 1.31 bits per heavy atom.